The first kappa shape index (κ1) is 22.5. The number of rotatable bonds is 2. The molecule has 0 saturated carbocycles. The van der Waals surface area contributed by atoms with E-state index in [-0.39, 0.29) is 0 Å². The number of para-hydroxylation sites is 4. The van der Waals surface area contributed by atoms with Crippen LogP contribution in [0.2, 0.25) is 0 Å². The summed E-state index contributed by atoms with van der Waals surface area (Å²) in [6.45, 7) is 0. The molecule has 0 aliphatic heterocycles. The Morgan fingerprint density at radius 2 is 0.575 bits per heavy atom. The minimum Gasteiger partial charge on any atom is -0.309 e. The van der Waals surface area contributed by atoms with Gasteiger partial charge in [-0.3, -0.25) is 0 Å². The van der Waals surface area contributed by atoms with Crippen LogP contribution in [-0.2, 0) is 0 Å². The molecule has 2 aromatic heterocycles. The maximum absolute atomic E-state index is 3.36. The van der Waals surface area contributed by atoms with Crippen LogP contribution in [0.25, 0.3) is 55.0 Å². The van der Waals surface area contributed by atoms with Gasteiger partial charge in [0.05, 0.1) is 22.1 Å². The maximum Gasteiger partial charge on any atom is 0.0541 e. The molecule has 0 amide bonds. The number of hydrogen-bond acceptors (Lipinski definition) is 0. The van der Waals surface area contributed by atoms with E-state index in [9.17, 15) is 0 Å². The summed E-state index contributed by atoms with van der Waals surface area (Å²) < 4.78 is 4.66. The van der Waals surface area contributed by atoms with Crippen molar-refractivity contribution in [3.05, 3.63) is 157 Å². The number of benzene rings is 6. The molecule has 0 saturated heterocycles. The highest BCUT2D eigenvalue weighted by molar-refractivity contribution is 6.10. The number of fused-ring (bicyclic) bond motifs is 6. The molecule has 186 valence electrons. The summed E-state index contributed by atoms with van der Waals surface area (Å²) in [4.78, 5) is 0. The molecule has 2 heteroatoms. The zero-order valence-corrected chi connectivity index (χ0v) is 21.8. The Hall–Kier alpha value is -5.52. The summed E-state index contributed by atoms with van der Waals surface area (Å²) in [6, 6.07) is 51.4. The molecule has 0 atom stereocenters. The Morgan fingerprint density at radius 3 is 0.875 bits per heavy atom. The van der Waals surface area contributed by atoms with Gasteiger partial charge in [0.1, 0.15) is 0 Å². The van der Waals surface area contributed by atoms with Gasteiger partial charge in [-0.1, -0.05) is 84.6 Å². The lowest BCUT2D eigenvalue weighted by Gasteiger charge is -2.08. The summed E-state index contributed by atoms with van der Waals surface area (Å²) in [5.41, 5.74) is 9.12. The fraction of sp³-hybridized carbons (Fsp3) is 0. The lowest BCUT2D eigenvalue weighted by molar-refractivity contribution is 1.18. The van der Waals surface area contributed by atoms with Crippen LogP contribution >= 0.6 is 0 Å². The molecule has 6 aromatic carbocycles. The Bertz CT molecular complexity index is 1980. The molecule has 0 unspecified atom stereocenters. The highest BCUT2D eigenvalue weighted by atomic mass is 15.0. The summed E-state index contributed by atoms with van der Waals surface area (Å²) in [5, 5.41) is 5.08. The first-order chi connectivity index (χ1) is 19.8. The number of hydrogen-bond donors (Lipinski definition) is 0. The molecule has 0 fully saturated rings. The van der Waals surface area contributed by atoms with Gasteiger partial charge >= 0.3 is 0 Å². The molecule has 0 bridgehead atoms. The fourth-order valence-corrected chi connectivity index (χ4v) is 5.93. The molecule has 2 heterocycles. The standard InChI is InChI=1S/C38H24N2/c1-5-13-35-31(9-1)32-10-2-6-14-36(32)39(35)29-23-19-27(20-24-29)17-18-28-21-25-30(26-22-28)40-37-15-7-3-11-33(37)34-12-4-8-16-38(34)40/h1-16,19-26H. The normalized spacial score (nSPS) is 11.3. The third-order valence-corrected chi connectivity index (χ3v) is 7.76. The summed E-state index contributed by atoms with van der Waals surface area (Å²) >= 11 is 0. The van der Waals surface area contributed by atoms with Crippen molar-refractivity contribution in [1.29, 1.82) is 0 Å². The molecule has 40 heavy (non-hydrogen) atoms. The van der Waals surface area contributed by atoms with Gasteiger partial charge in [0.25, 0.3) is 0 Å². The van der Waals surface area contributed by atoms with Gasteiger partial charge in [-0.15, -0.1) is 0 Å². The molecule has 0 aliphatic rings. The molecule has 0 aliphatic carbocycles. The van der Waals surface area contributed by atoms with E-state index in [0.717, 1.165) is 22.5 Å². The van der Waals surface area contributed by atoms with Gasteiger partial charge < -0.3 is 9.13 Å². The number of nitrogens with zero attached hydrogens (tertiary/aromatic N) is 2. The third kappa shape index (κ3) is 3.53. The van der Waals surface area contributed by atoms with Crippen molar-refractivity contribution < 1.29 is 0 Å². The first-order valence-corrected chi connectivity index (χ1v) is 13.5. The van der Waals surface area contributed by atoms with Crippen LogP contribution in [0.4, 0.5) is 0 Å². The summed E-state index contributed by atoms with van der Waals surface area (Å²) in [6.07, 6.45) is 0. The van der Waals surface area contributed by atoms with Crippen molar-refractivity contribution in [3.63, 3.8) is 0 Å². The Kier molecular flexibility index (Phi) is 5.08. The van der Waals surface area contributed by atoms with Crippen molar-refractivity contribution >= 4 is 43.6 Å². The highest BCUT2D eigenvalue weighted by Gasteiger charge is 2.12. The maximum atomic E-state index is 3.36. The van der Waals surface area contributed by atoms with Crippen molar-refractivity contribution in [3.8, 4) is 23.2 Å². The van der Waals surface area contributed by atoms with E-state index < -0.39 is 0 Å². The largest absolute Gasteiger partial charge is 0.309 e. The van der Waals surface area contributed by atoms with Crippen LogP contribution in [0.3, 0.4) is 0 Å². The van der Waals surface area contributed by atoms with E-state index >= 15 is 0 Å². The number of aromatic nitrogens is 2. The lowest BCUT2D eigenvalue weighted by atomic mass is 10.1. The average molecular weight is 509 g/mol. The quantitative estimate of drug-likeness (QED) is 0.206. The van der Waals surface area contributed by atoms with Crippen molar-refractivity contribution in [2.24, 2.45) is 0 Å². The Balaban J connectivity index is 1.12. The monoisotopic (exact) mass is 508 g/mol. The molecule has 0 N–H and O–H groups in total. The molecular weight excluding hydrogens is 484 g/mol. The summed E-state index contributed by atoms with van der Waals surface area (Å²) in [5.74, 6) is 6.71. The lowest BCUT2D eigenvalue weighted by Crippen LogP contribution is -1.93. The van der Waals surface area contributed by atoms with Crippen LogP contribution in [0, 0.1) is 11.8 Å². The van der Waals surface area contributed by atoms with E-state index in [2.05, 4.69) is 167 Å². The van der Waals surface area contributed by atoms with Crippen molar-refractivity contribution in [2.75, 3.05) is 0 Å². The van der Waals surface area contributed by atoms with Gasteiger partial charge in [-0.05, 0) is 72.8 Å². The second-order valence-corrected chi connectivity index (χ2v) is 10.1. The van der Waals surface area contributed by atoms with Crippen LogP contribution < -0.4 is 0 Å². The zero-order chi connectivity index (χ0) is 26.5. The summed E-state index contributed by atoms with van der Waals surface area (Å²) in [7, 11) is 0. The molecule has 0 spiro atoms. The van der Waals surface area contributed by atoms with E-state index in [1.54, 1.807) is 0 Å². The van der Waals surface area contributed by atoms with E-state index in [1.807, 2.05) is 0 Å². The van der Waals surface area contributed by atoms with E-state index in [4.69, 9.17) is 0 Å². The van der Waals surface area contributed by atoms with Gasteiger partial charge in [0.2, 0.25) is 0 Å². The Morgan fingerprint density at radius 1 is 0.300 bits per heavy atom. The second kappa shape index (κ2) is 9.05. The second-order valence-electron chi connectivity index (χ2n) is 10.1. The molecule has 2 nitrogen and oxygen atoms in total. The van der Waals surface area contributed by atoms with Crippen molar-refractivity contribution in [2.45, 2.75) is 0 Å². The first-order valence-electron chi connectivity index (χ1n) is 13.5. The van der Waals surface area contributed by atoms with Gasteiger partial charge in [0.15, 0.2) is 0 Å². The topological polar surface area (TPSA) is 9.86 Å². The molecule has 8 aromatic rings. The average Bonchev–Trinajstić information content (AvgIpc) is 3.54. The molecular formula is C38H24N2. The zero-order valence-electron chi connectivity index (χ0n) is 21.8. The molecule has 8 rings (SSSR count). The minimum atomic E-state index is 0.996. The minimum absolute atomic E-state index is 0.996. The van der Waals surface area contributed by atoms with Gasteiger partial charge in [0, 0.05) is 44.0 Å². The van der Waals surface area contributed by atoms with Crippen LogP contribution in [0.1, 0.15) is 11.1 Å². The SMILES string of the molecule is C(#Cc1ccc(-n2c3ccccc3c3ccccc32)cc1)c1ccc(-n2c3ccccc3c3ccccc32)cc1. The Labute approximate surface area is 232 Å². The molecule has 0 radical (unpaired) electrons. The third-order valence-electron chi connectivity index (χ3n) is 7.76. The highest BCUT2D eigenvalue weighted by Crippen LogP contribution is 2.33. The van der Waals surface area contributed by atoms with Crippen LogP contribution in [0.5, 0.6) is 0 Å². The van der Waals surface area contributed by atoms with Crippen LogP contribution in [0.15, 0.2) is 146 Å². The smallest absolute Gasteiger partial charge is 0.0541 e. The predicted molar refractivity (Wildman–Crippen MR) is 168 cm³/mol. The van der Waals surface area contributed by atoms with Crippen LogP contribution in [-0.4, -0.2) is 9.13 Å². The van der Waals surface area contributed by atoms with E-state index in [1.165, 1.54) is 43.6 Å². The van der Waals surface area contributed by atoms with Gasteiger partial charge in [-0.2, -0.15) is 0 Å². The van der Waals surface area contributed by atoms with Gasteiger partial charge in [-0.25, -0.2) is 0 Å². The van der Waals surface area contributed by atoms with Crippen molar-refractivity contribution in [1.82, 2.24) is 9.13 Å². The predicted octanol–water partition coefficient (Wildman–Crippen LogP) is 9.28. The van der Waals surface area contributed by atoms with E-state index in [0.29, 0.717) is 0 Å². The fourth-order valence-electron chi connectivity index (χ4n) is 5.93.